The summed E-state index contributed by atoms with van der Waals surface area (Å²) in [5, 5.41) is 9.98. The summed E-state index contributed by atoms with van der Waals surface area (Å²) in [7, 11) is 0. The summed E-state index contributed by atoms with van der Waals surface area (Å²) in [4.78, 5) is 17.9. The molecular weight excluding hydrogens is 216 g/mol. The molecule has 1 aliphatic heterocycles. The summed E-state index contributed by atoms with van der Waals surface area (Å²) < 4.78 is 0. The lowest BCUT2D eigenvalue weighted by molar-refractivity contribution is 0.0438. The molecule has 1 atom stereocenters. The van der Waals surface area contributed by atoms with E-state index in [9.17, 15) is 9.90 Å². The van der Waals surface area contributed by atoms with Crippen molar-refractivity contribution in [2.45, 2.75) is 31.8 Å². The molecule has 17 heavy (non-hydrogen) atoms. The van der Waals surface area contributed by atoms with Crippen LogP contribution in [0, 0.1) is 0 Å². The van der Waals surface area contributed by atoms with Crippen LogP contribution in [0.25, 0.3) is 0 Å². The van der Waals surface area contributed by atoms with Crippen LogP contribution in [0.15, 0.2) is 24.5 Å². The molecule has 1 unspecified atom stereocenters. The third kappa shape index (κ3) is 3.03. The largest absolute Gasteiger partial charge is 0.390 e. The molecule has 0 bridgehead atoms. The van der Waals surface area contributed by atoms with E-state index in [0.29, 0.717) is 18.5 Å². The predicted octanol–water partition coefficient (Wildman–Crippen LogP) is 1.46. The normalized spacial score (nSPS) is 25.4. The highest BCUT2D eigenvalue weighted by Crippen LogP contribution is 2.22. The molecule has 1 aliphatic rings. The van der Waals surface area contributed by atoms with E-state index in [4.69, 9.17) is 0 Å². The van der Waals surface area contributed by atoms with Crippen molar-refractivity contribution >= 4 is 5.91 Å². The molecule has 2 heterocycles. The van der Waals surface area contributed by atoms with Gasteiger partial charge in [-0.05, 0) is 38.3 Å². The Morgan fingerprint density at radius 1 is 1.35 bits per heavy atom. The zero-order valence-corrected chi connectivity index (χ0v) is 10.1. The molecule has 1 saturated heterocycles. The van der Waals surface area contributed by atoms with Gasteiger partial charge in [0.2, 0.25) is 0 Å². The van der Waals surface area contributed by atoms with E-state index in [-0.39, 0.29) is 5.91 Å². The Kier molecular flexibility index (Phi) is 3.43. The molecule has 1 aromatic rings. The van der Waals surface area contributed by atoms with E-state index in [1.807, 2.05) is 11.8 Å². The molecule has 0 spiro atoms. The fourth-order valence-electron chi connectivity index (χ4n) is 2.14. The number of hydrogen-bond acceptors (Lipinski definition) is 3. The number of amides is 1. The quantitative estimate of drug-likeness (QED) is 0.800. The second kappa shape index (κ2) is 4.84. The molecule has 92 valence electrons. The van der Waals surface area contributed by atoms with Crippen LogP contribution in [0.3, 0.4) is 0 Å². The van der Waals surface area contributed by atoms with Crippen LogP contribution < -0.4 is 0 Å². The van der Waals surface area contributed by atoms with Gasteiger partial charge in [0, 0.05) is 31.0 Å². The second-order valence-corrected chi connectivity index (χ2v) is 4.88. The Labute approximate surface area is 101 Å². The van der Waals surface area contributed by atoms with Crippen LogP contribution in [0.4, 0.5) is 0 Å². The molecule has 1 aromatic heterocycles. The van der Waals surface area contributed by atoms with Gasteiger partial charge in [-0.2, -0.15) is 0 Å². The smallest absolute Gasteiger partial charge is 0.253 e. The van der Waals surface area contributed by atoms with Gasteiger partial charge >= 0.3 is 0 Å². The Bertz CT molecular complexity index is 390. The van der Waals surface area contributed by atoms with E-state index in [1.165, 1.54) is 0 Å². The van der Waals surface area contributed by atoms with Crippen molar-refractivity contribution in [2.24, 2.45) is 0 Å². The SMILES string of the molecule is CC1(O)CCCN(C(=O)c2ccncc2)CC1. The molecule has 4 nitrogen and oxygen atoms in total. The summed E-state index contributed by atoms with van der Waals surface area (Å²) in [6.07, 6.45) is 5.50. The Morgan fingerprint density at radius 3 is 2.76 bits per heavy atom. The molecule has 4 heteroatoms. The molecule has 1 amide bonds. The number of aromatic nitrogens is 1. The molecule has 0 saturated carbocycles. The molecule has 1 N–H and O–H groups in total. The fraction of sp³-hybridized carbons (Fsp3) is 0.538. The molecule has 2 rings (SSSR count). The van der Waals surface area contributed by atoms with E-state index >= 15 is 0 Å². The van der Waals surface area contributed by atoms with Crippen LogP contribution in [0.5, 0.6) is 0 Å². The summed E-state index contributed by atoms with van der Waals surface area (Å²) in [5.74, 6) is 0.0325. The zero-order valence-electron chi connectivity index (χ0n) is 10.1. The topological polar surface area (TPSA) is 53.4 Å². The number of carbonyl (C=O) groups excluding carboxylic acids is 1. The maximum absolute atomic E-state index is 12.2. The lowest BCUT2D eigenvalue weighted by Gasteiger charge is -2.22. The van der Waals surface area contributed by atoms with Crippen LogP contribution >= 0.6 is 0 Å². The minimum Gasteiger partial charge on any atom is -0.390 e. The number of pyridine rings is 1. The van der Waals surface area contributed by atoms with Crippen molar-refractivity contribution in [3.8, 4) is 0 Å². The molecule has 0 aromatic carbocycles. The lowest BCUT2D eigenvalue weighted by atomic mass is 9.98. The van der Waals surface area contributed by atoms with Gasteiger partial charge in [-0.25, -0.2) is 0 Å². The van der Waals surface area contributed by atoms with E-state index < -0.39 is 5.60 Å². The van der Waals surface area contributed by atoms with E-state index in [2.05, 4.69) is 4.98 Å². The van der Waals surface area contributed by atoms with Crippen LogP contribution in [0.1, 0.15) is 36.5 Å². The van der Waals surface area contributed by atoms with Gasteiger partial charge < -0.3 is 10.0 Å². The Morgan fingerprint density at radius 2 is 2.06 bits per heavy atom. The highest BCUT2D eigenvalue weighted by molar-refractivity contribution is 5.94. The summed E-state index contributed by atoms with van der Waals surface area (Å²) in [5.41, 5.74) is 0.0364. The van der Waals surface area contributed by atoms with Gasteiger partial charge in [0.1, 0.15) is 0 Å². The van der Waals surface area contributed by atoms with Gasteiger partial charge in [0.15, 0.2) is 0 Å². The van der Waals surface area contributed by atoms with Gasteiger partial charge in [-0.15, -0.1) is 0 Å². The average Bonchev–Trinajstić information content (AvgIpc) is 2.50. The van der Waals surface area contributed by atoms with Crippen LogP contribution in [-0.2, 0) is 0 Å². The highest BCUT2D eigenvalue weighted by atomic mass is 16.3. The molecule has 0 aliphatic carbocycles. The number of likely N-dealkylation sites (tertiary alicyclic amines) is 1. The number of carbonyl (C=O) groups is 1. The Hall–Kier alpha value is -1.42. The molecular formula is C13H18N2O2. The van der Waals surface area contributed by atoms with Gasteiger partial charge in [-0.1, -0.05) is 0 Å². The summed E-state index contributed by atoms with van der Waals surface area (Å²) in [6.45, 7) is 3.18. The third-order valence-corrected chi connectivity index (χ3v) is 3.28. The standard InChI is InChI=1S/C13H18N2O2/c1-13(17)5-2-9-15(10-6-13)12(16)11-3-7-14-8-4-11/h3-4,7-8,17H,2,5-6,9-10H2,1H3. The average molecular weight is 234 g/mol. The van der Waals surface area contributed by atoms with Crippen molar-refractivity contribution in [3.63, 3.8) is 0 Å². The Balaban J connectivity index is 2.06. The molecule has 1 fully saturated rings. The second-order valence-electron chi connectivity index (χ2n) is 4.88. The minimum absolute atomic E-state index is 0.0325. The van der Waals surface area contributed by atoms with Crippen LogP contribution in [-0.4, -0.2) is 39.6 Å². The van der Waals surface area contributed by atoms with Crippen molar-refractivity contribution in [1.82, 2.24) is 9.88 Å². The van der Waals surface area contributed by atoms with Crippen molar-refractivity contribution in [3.05, 3.63) is 30.1 Å². The van der Waals surface area contributed by atoms with Crippen molar-refractivity contribution in [1.29, 1.82) is 0 Å². The first-order valence-electron chi connectivity index (χ1n) is 6.00. The predicted molar refractivity (Wildman–Crippen MR) is 64.6 cm³/mol. The number of nitrogens with zero attached hydrogens (tertiary/aromatic N) is 2. The summed E-state index contributed by atoms with van der Waals surface area (Å²) in [6, 6.07) is 3.46. The fourth-order valence-corrected chi connectivity index (χ4v) is 2.14. The molecule has 0 radical (unpaired) electrons. The van der Waals surface area contributed by atoms with Crippen molar-refractivity contribution < 1.29 is 9.90 Å². The minimum atomic E-state index is -0.632. The monoisotopic (exact) mass is 234 g/mol. The number of hydrogen-bond donors (Lipinski definition) is 1. The van der Waals surface area contributed by atoms with E-state index in [1.54, 1.807) is 24.5 Å². The van der Waals surface area contributed by atoms with Gasteiger partial charge in [-0.3, -0.25) is 9.78 Å². The van der Waals surface area contributed by atoms with Crippen LogP contribution in [0.2, 0.25) is 0 Å². The first-order valence-corrected chi connectivity index (χ1v) is 6.00. The van der Waals surface area contributed by atoms with Gasteiger partial charge in [0.25, 0.3) is 5.91 Å². The maximum Gasteiger partial charge on any atom is 0.253 e. The lowest BCUT2D eigenvalue weighted by Crippen LogP contribution is -2.33. The number of rotatable bonds is 1. The zero-order chi connectivity index (χ0) is 12.3. The highest BCUT2D eigenvalue weighted by Gasteiger charge is 2.27. The first-order chi connectivity index (χ1) is 8.08. The van der Waals surface area contributed by atoms with Crippen molar-refractivity contribution in [2.75, 3.05) is 13.1 Å². The third-order valence-electron chi connectivity index (χ3n) is 3.28. The maximum atomic E-state index is 12.2. The van der Waals surface area contributed by atoms with E-state index in [0.717, 1.165) is 19.4 Å². The summed E-state index contributed by atoms with van der Waals surface area (Å²) >= 11 is 0. The van der Waals surface area contributed by atoms with Gasteiger partial charge in [0.05, 0.1) is 5.60 Å². The number of aliphatic hydroxyl groups is 1. The first kappa shape index (κ1) is 12.0.